The molecule has 2 rings (SSSR count). The Morgan fingerprint density at radius 2 is 2.08 bits per heavy atom. The maximum atomic E-state index is 5.29. The largest absolute Gasteiger partial charge is 0.497 e. The molecule has 0 amide bonds. The summed E-state index contributed by atoms with van der Waals surface area (Å²) < 4.78 is 5.29. The Bertz CT molecular complexity index is 539. The van der Waals surface area contributed by atoms with Crippen molar-refractivity contribution in [1.29, 1.82) is 0 Å². The number of aliphatic imine (C=N–C) groups is 1. The van der Waals surface area contributed by atoms with E-state index < -0.39 is 0 Å². The third kappa shape index (κ3) is 7.24. The number of likely N-dealkylation sites (tertiary alicyclic amines) is 1. The summed E-state index contributed by atoms with van der Waals surface area (Å²) in [6, 6.07) is 8.84. The molecule has 1 aromatic carbocycles. The molecule has 1 heterocycles. The Labute approximate surface area is 159 Å². The number of hydrogen-bond acceptors (Lipinski definition) is 3. The summed E-state index contributed by atoms with van der Waals surface area (Å²) in [5.74, 6) is 1.89. The van der Waals surface area contributed by atoms with Gasteiger partial charge in [-0.3, -0.25) is 4.99 Å². The molecule has 2 N–H and O–H groups in total. The summed E-state index contributed by atoms with van der Waals surface area (Å²) in [5, 5.41) is 7.02. The second kappa shape index (κ2) is 11.8. The molecule has 5 nitrogen and oxygen atoms in total. The highest BCUT2D eigenvalue weighted by atomic mass is 16.5. The van der Waals surface area contributed by atoms with Crippen LogP contribution >= 0.6 is 0 Å². The lowest BCUT2D eigenvalue weighted by Crippen LogP contribution is -2.48. The van der Waals surface area contributed by atoms with Crippen LogP contribution in [0.15, 0.2) is 29.3 Å². The van der Waals surface area contributed by atoms with E-state index in [2.05, 4.69) is 41.5 Å². The lowest BCUT2D eigenvalue weighted by molar-refractivity contribution is 0.206. The standard InChI is InChI=1S/C21H36N4O/c1-4-14-25-15-11-19(12-16-25)24-21(22-5-2)23-13-7-9-18-8-6-10-20(17-18)26-3/h6,8,10,17,19H,4-5,7,9,11-16H2,1-3H3,(H2,22,23,24). The number of piperidine rings is 1. The Kier molecular flexibility index (Phi) is 9.32. The van der Waals surface area contributed by atoms with E-state index >= 15 is 0 Å². The fourth-order valence-corrected chi connectivity index (χ4v) is 3.43. The zero-order chi connectivity index (χ0) is 18.6. The van der Waals surface area contributed by atoms with Gasteiger partial charge in [-0.1, -0.05) is 19.1 Å². The molecule has 26 heavy (non-hydrogen) atoms. The smallest absolute Gasteiger partial charge is 0.191 e. The van der Waals surface area contributed by atoms with Crippen LogP contribution in [0.5, 0.6) is 5.75 Å². The molecule has 1 aromatic rings. The van der Waals surface area contributed by atoms with Gasteiger partial charge < -0.3 is 20.3 Å². The predicted molar refractivity (Wildman–Crippen MR) is 110 cm³/mol. The zero-order valence-corrected chi connectivity index (χ0v) is 16.8. The molecule has 0 aliphatic carbocycles. The van der Waals surface area contributed by atoms with Crippen LogP contribution < -0.4 is 15.4 Å². The van der Waals surface area contributed by atoms with Crippen molar-refractivity contribution >= 4 is 5.96 Å². The number of nitrogens with one attached hydrogen (secondary N) is 2. The molecule has 1 fully saturated rings. The molecule has 0 radical (unpaired) electrons. The number of nitrogens with zero attached hydrogens (tertiary/aromatic N) is 2. The molecule has 146 valence electrons. The molecular weight excluding hydrogens is 324 g/mol. The molecule has 1 aliphatic rings. The van der Waals surface area contributed by atoms with Gasteiger partial charge in [-0.2, -0.15) is 0 Å². The van der Waals surface area contributed by atoms with Crippen molar-refractivity contribution in [3.63, 3.8) is 0 Å². The monoisotopic (exact) mass is 360 g/mol. The van der Waals surface area contributed by atoms with Crippen LogP contribution in [0.4, 0.5) is 0 Å². The van der Waals surface area contributed by atoms with Gasteiger partial charge in [-0.05, 0) is 63.3 Å². The van der Waals surface area contributed by atoms with Crippen molar-refractivity contribution in [1.82, 2.24) is 15.5 Å². The highest BCUT2D eigenvalue weighted by Crippen LogP contribution is 2.14. The van der Waals surface area contributed by atoms with E-state index in [9.17, 15) is 0 Å². The molecule has 0 atom stereocenters. The number of methoxy groups -OCH3 is 1. The van der Waals surface area contributed by atoms with E-state index in [0.717, 1.165) is 37.6 Å². The average Bonchev–Trinajstić information content (AvgIpc) is 2.67. The van der Waals surface area contributed by atoms with E-state index in [1.165, 1.54) is 44.5 Å². The Hall–Kier alpha value is -1.75. The van der Waals surface area contributed by atoms with Crippen molar-refractivity contribution in [2.75, 3.05) is 39.8 Å². The maximum absolute atomic E-state index is 5.29. The molecular formula is C21H36N4O. The first-order valence-electron chi connectivity index (χ1n) is 10.1. The minimum Gasteiger partial charge on any atom is -0.497 e. The molecule has 0 spiro atoms. The second-order valence-corrected chi connectivity index (χ2v) is 6.98. The van der Waals surface area contributed by atoms with Gasteiger partial charge in [0.05, 0.1) is 7.11 Å². The number of benzene rings is 1. The number of ether oxygens (including phenoxy) is 1. The average molecular weight is 361 g/mol. The number of hydrogen-bond donors (Lipinski definition) is 2. The van der Waals surface area contributed by atoms with Gasteiger partial charge in [0, 0.05) is 32.2 Å². The van der Waals surface area contributed by atoms with E-state index in [0.29, 0.717) is 6.04 Å². The van der Waals surface area contributed by atoms with Gasteiger partial charge in [0.15, 0.2) is 5.96 Å². The van der Waals surface area contributed by atoms with Crippen LogP contribution in [0.1, 0.15) is 45.1 Å². The summed E-state index contributed by atoms with van der Waals surface area (Å²) in [7, 11) is 1.71. The minimum atomic E-state index is 0.541. The molecule has 0 bridgehead atoms. The van der Waals surface area contributed by atoms with E-state index in [1.54, 1.807) is 7.11 Å². The molecule has 1 saturated heterocycles. The van der Waals surface area contributed by atoms with Crippen molar-refractivity contribution in [3.05, 3.63) is 29.8 Å². The predicted octanol–water partition coefficient (Wildman–Crippen LogP) is 3.06. The van der Waals surface area contributed by atoms with E-state index in [4.69, 9.17) is 9.73 Å². The van der Waals surface area contributed by atoms with Crippen LogP contribution in [0.2, 0.25) is 0 Å². The highest BCUT2D eigenvalue weighted by Gasteiger charge is 2.19. The van der Waals surface area contributed by atoms with Gasteiger partial charge >= 0.3 is 0 Å². The number of guanidine groups is 1. The first kappa shape index (κ1) is 20.6. The van der Waals surface area contributed by atoms with Gasteiger partial charge in [0.25, 0.3) is 0 Å². The highest BCUT2D eigenvalue weighted by molar-refractivity contribution is 5.80. The van der Waals surface area contributed by atoms with E-state index in [-0.39, 0.29) is 0 Å². The van der Waals surface area contributed by atoms with Crippen molar-refractivity contribution in [2.24, 2.45) is 4.99 Å². The summed E-state index contributed by atoms with van der Waals surface area (Å²) in [6.07, 6.45) is 5.71. The third-order valence-electron chi connectivity index (χ3n) is 4.84. The summed E-state index contributed by atoms with van der Waals surface area (Å²) in [4.78, 5) is 7.34. The minimum absolute atomic E-state index is 0.541. The number of rotatable bonds is 9. The molecule has 0 aromatic heterocycles. The van der Waals surface area contributed by atoms with Crippen molar-refractivity contribution in [2.45, 2.75) is 52.0 Å². The second-order valence-electron chi connectivity index (χ2n) is 6.98. The SMILES string of the molecule is CCCN1CCC(NC(=NCCCc2cccc(OC)c2)NCC)CC1. The lowest BCUT2D eigenvalue weighted by Gasteiger charge is -2.32. The van der Waals surface area contributed by atoms with Gasteiger partial charge in [-0.15, -0.1) is 0 Å². The Balaban J connectivity index is 1.75. The third-order valence-corrected chi connectivity index (χ3v) is 4.84. The van der Waals surface area contributed by atoms with Crippen molar-refractivity contribution < 1.29 is 4.74 Å². The zero-order valence-electron chi connectivity index (χ0n) is 16.8. The lowest BCUT2D eigenvalue weighted by atomic mass is 10.1. The Morgan fingerprint density at radius 1 is 1.27 bits per heavy atom. The van der Waals surface area contributed by atoms with Gasteiger partial charge in [0.2, 0.25) is 0 Å². The molecule has 5 heteroatoms. The normalized spacial score (nSPS) is 16.5. The molecule has 1 aliphatic heterocycles. The summed E-state index contributed by atoms with van der Waals surface area (Å²) in [6.45, 7) is 9.73. The summed E-state index contributed by atoms with van der Waals surface area (Å²) >= 11 is 0. The van der Waals surface area contributed by atoms with Crippen LogP contribution in [0, 0.1) is 0 Å². The molecule has 0 saturated carbocycles. The van der Waals surface area contributed by atoms with Crippen molar-refractivity contribution in [3.8, 4) is 5.75 Å². The van der Waals surface area contributed by atoms with Crippen LogP contribution in [-0.2, 0) is 6.42 Å². The number of aryl methyl sites for hydroxylation is 1. The molecule has 0 unspecified atom stereocenters. The topological polar surface area (TPSA) is 48.9 Å². The van der Waals surface area contributed by atoms with E-state index in [1.807, 2.05) is 12.1 Å². The van der Waals surface area contributed by atoms with Crippen LogP contribution in [0.3, 0.4) is 0 Å². The fourth-order valence-electron chi connectivity index (χ4n) is 3.43. The van der Waals surface area contributed by atoms with Gasteiger partial charge in [0.1, 0.15) is 5.75 Å². The summed E-state index contributed by atoms with van der Waals surface area (Å²) in [5.41, 5.74) is 1.31. The first-order chi connectivity index (χ1) is 12.7. The van der Waals surface area contributed by atoms with Gasteiger partial charge in [-0.25, -0.2) is 0 Å². The Morgan fingerprint density at radius 3 is 2.77 bits per heavy atom. The maximum Gasteiger partial charge on any atom is 0.191 e. The van der Waals surface area contributed by atoms with Crippen LogP contribution in [0.25, 0.3) is 0 Å². The first-order valence-corrected chi connectivity index (χ1v) is 10.1. The quantitative estimate of drug-likeness (QED) is 0.404. The fraction of sp³-hybridized carbons (Fsp3) is 0.667. The van der Waals surface area contributed by atoms with Crippen LogP contribution in [-0.4, -0.2) is 56.7 Å².